The summed E-state index contributed by atoms with van der Waals surface area (Å²) >= 11 is 1.87. The summed E-state index contributed by atoms with van der Waals surface area (Å²) in [5, 5.41) is 5.16. The Labute approximate surface area is 366 Å². The average Bonchev–Trinajstić information content (AvgIpc) is 3.85. The van der Waals surface area contributed by atoms with Gasteiger partial charge in [-0.05, 0) is 133 Å². The fraction of sp³-hybridized carbons (Fsp3) is 0.0333. The quantitative estimate of drug-likeness (QED) is 0.155. The number of nitrogens with zero attached hydrogens (tertiary/aromatic N) is 1. The molecule has 1 nitrogen and oxygen atoms in total. The number of thiophene rings is 1. The Morgan fingerprint density at radius 2 is 0.871 bits per heavy atom. The van der Waals surface area contributed by atoms with Crippen molar-refractivity contribution in [3.8, 4) is 44.5 Å². The molecule has 1 heterocycles. The smallest absolute Gasteiger partial charge is 0.0462 e. The lowest BCUT2D eigenvalue weighted by Gasteiger charge is -2.28. The minimum absolute atomic E-state index is 0.244. The lowest BCUT2D eigenvalue weighted by Crippen LogP contribution is -2.22. The molecule has 1 atom stereocenters. The van der Waals surface area contributed by atoms with Gasteiger partial charge >= 0.3 is 0 Å². The average molecular weight is 808 g/mol. The number of anilines is 3. The van der Waals surface area contributed by atoms with Crippen molar-refractivity contribution in [3.05, 3.63) is 247 Å². The summed E-state index contributed by atoms with van der Waals surface area (Å²) in [7, 11) is 0. The van der Waals surface area contributed by atoms with Crippen molar-refractivity contribution in [2.75, 3.05) is 4.90 Å². The van der Waals surface area contributed by atoms with Crippen molar-refractivity contribution in [1.29, 1.82) is 0 Å². The zero-order valence-corrected chi connectivity index (χ0v) is 35.1. The van der Waals surface area contributed by atoms with E-state index in [0.29, 0.717) is 0 Å². The van der Waals surface area contributed by atoms with Crippen LogP contribution >= 0.6 is 11.3 Å². The van der Waals surface area contributed by atoms with Gasteiger partial charge in [-0.2, -0.15) is 0 Å². The second-order valence-electron chi connectivity index (χ2n) is 16.6. The first-order chi connectivity index (χ1) is 30.6. The molecule has 12 rings (SSSR count). The number of hydrogen-bond donors (Lipinski definition) is 0. The van der Waals surface area contributed by atoms with Gasteiger partial charge in [0.05, 0.1) is 0 Å². The first-order valence-electron chi connectivity index (χ1n) is 21.4. The van der Waals surface area contributed by atoms with E-state index in [1.54, 1.807) is 0 Å². The van der Waals surface area contributed by atoms with Gasteiger partial charge < -0.3 is 4.90 Å². The van der Waals surface area contributed by atoms with E-state index in [2.05, 4.69) is 242 Å². The van der Waals surface area contributed by atoms with Crippen molar-refractivity contribution >= 4 is 59.3 Å². The van der Waals surface area contributed by atoms with Gasteiger partial charge in [0.25, 0.3) is 0 Å². The van der Waals surface area contributed by atoms with E-state index in [9.17, 15) is 0 Å². The first-order valence-corrected chi connectivity index (χ1v) is 22.2. The molecule has 0 amide bonds. The van der Waals surface area contributed by atoms with Crippen LogP contribution in [-0.4, -0.2) is 0 Å². The Bertz CT molecular complexity index is 3450. The van der Waals surface area contributed by atoms with E-state index < -0.39 is 0 Å². The highest BCUT2D eigenvalue weighted by atomic mass is 32.1. The molecule has 0 N–H and O–H groups in total. The summed E-state index contributed by atoms with van der Waals surface area (Å²) in [6.45, 7) is 2.39. The van der Waals surface area contributed by atoms with Gasteiger partial charge in [-0.3, -0.25) is 0 Å². The van der Waals surface area contributed by atoms with Crippen LogP contribution in [0.25, 0.3) is 75.5 Å². The van der Waals surface area contributed by atoms with Crippen LogP contribution in [0.4, 0.5) is 17.1 Å². The predicted molar refractivity (Wildman–Crippen MR) is 265 cm³/mol. The van der Waals surface area contributed by atoms with Crippen LogP contribution in [0.5, 0.6) is 0 Å². The molecule has 1 unspecified atom stereocenters. The molecule has 0 bridgehead atoms. The second kappa shape index (κ2) is 14.6. The molecule has 0 aliphatic heterocycles. The van der Waals surface area contributed by atoms with E-state index in [0.717, 1.165) is 17.1 Å². The van der Waals surface area contributed by atoms with Crippen molar-refractivity contribution < 1.29 is 0 Å². The summed E-state index contributed by atoms with van der Waals surface area (Å²) < 4.78 is 2.64. The molecule has 0 saturated heterocycles. The highest BCUT2D eigenvalue weighted by molar-refractivity contribution is 7.25. The van der Waals surface area contributed by atoms with Crippen LogP contribution in [0.2, 0.25) is 0 Å². The minimum Gasteiger partial charge on any atom is -0.311 e. The largest absolute Gasteiger partial charge is 0.311 e. The molecule has 10 aromatic carbocycles. The summed E-state index contributed by atoms with van der Waals surface area (Å²) in [6, 6.07) is 84.9. The van der Waals surface area contributed by atoms with E-state index in [-0.39, 0.29) is 5.41 Å². The van der Waals surface area contributed by atoms with Crippen LogP contribution in [0.3, 0.4) is 0 Å². The van der Waals surface area contributed by atoms with Gasteiger partial charge in [-0.1, -0.05) is 176 Å². The molecule has 2 heteroatoms. The van der Waals surface area contributed by atoms with E-state index in [1.807, 2.05) is 11.3 Å². The molecule has 0 fully saturated rings. The van der Waals surface area contributed by atoms with Gasteiger partial charge in [0, 0.05) is 42.6 Å². The van der Waals surface area contributed by atoms with E-state index in [1.165, 1.54) is 92.1 Å². The summed E-state index contributed by atoms with van der Waals surface area (Å²) in [5.74, 6) is 0. The molecule has 1 aliphatic rings. The molecule has 1 aliphatic carbocycles. The lowest BCUT2D eigenvalue weighted by molar-refractivity contribution is 0.714. The summed E-state index contributed by atoms with van der Waals surface area (Å²) in [5.41, 5.74) is 17.1. The Balaban J connectivity index is 0.943. The monoisotopic (exact) mass is 807 g/mol. The molecule has 292 valence electrons. The number of hydrogen-bond acceptors (Lipinski definition) is 2. The van der Waals surface area contributed by atoms with Crippen LogP contribution < -0.4 is 4.90 Å². The first kappa shape index (κ1) is 36.3. The van der Waals surface area contributed by atoms with Crippen LogP contribution in [0.15, 0.2) is 231 Å². The fourth-order valence-electron chi connectivity index (χ4n) is 10.1. The molecule has 11 aromatic rings. The maximum Gasteiger partial charge on any atom is 0.0462 e. The van der Waals surface area contributed by atoms with Gasteiger partial charge in [0.15, 0.2) is 0 Å². The molecule has 0 radical (unpaired) electrons. The molecule has 0 spiro atoms. The number of rotatable bonds is 7. The maximum absolute atomic E-state index is 2.43. The van der Waals surface area contributed by atoms with Crippen molar-refractivity contribution in [3.63, 3.8) is 0 Å². The SMILES string of the molecule is CC1(c2ccccc2)c2ccccc2-c2ccc(-c3ccc(N(c4ccc(-c5cccc6ccccc56)cc4)c4ccc(-c5cccc6sc7ccccc7c56)cc4)cc3)cc21. The molecular formula is C60H41NS. The standard InChI is InChI=1S/C60H41NS/c1-60(45-15-3-2-4-16-45)55-22-9-7-18-52(55)53-38-31-44(39-56(53)60)40-25-32-46(33-26-40)61(47-34-27-42(28-35-47)50-20-11-14-41-13-5-6-17-49(41)50)48-36-29-43(30-37-48)51-21-12-24-58-59(51)54-19-8-10-23-57(54)62-58/h2-39H,1H3. The lowest BCUT2D eigenvalue weighted by atomic mass is 9.74. The highest BCUT2D eigenvalue weighted by Gasteiger charge is 2.40. The number of fused-ring (bicyclic) bond motifs is 7. The van der Waals surface area contributed by atoms with Crippen LogP contribution in [0, 0.1) is 0 Å². The van der Waals surface area contributed by atoms with Gasteiger partial charge in [-0.15, -0.1) is 11.3 Å². The van der Waals surface area contributed by atoms with Gasteiger partial charge in [0.1, 0.15) is 0 Å². The Morgan fingerprint density at radius 3 is 1.63 bits per heavy atom. The topological polar surface area (TPSA) is 3.24 Å². The fourth-order valence-corrected chi connectivity index (χ4v) is 11.2. The second-order valence-corrected chi connectivity index (χ2v) is 17.7. The molecule has 1 aromatic heterocycles. The van der Waals surface area contributed by atoms with Crippen molar-refractivity contribution in [2.24, 2.45) is 0 Å². The molecule has 0 saturated carbocycles. The minimum atomic E-state index is -0.244. The zero-order chi connectivity index (χ0) is 41.2. The molecule has 62 heavy (non-hydrogen) atoms. The Morgan fingerprint density at radius 1 is 0.355 bits per heavy atom. The van der Waals surface area contributed by atoms with Crippen LogP contribution in [0.1, 0.15) is 23.6 Å². The zero-order valence-electron chi connectivity index (χ0n) is 34.3. The highest BCUT2D eigenvalue weighted by Crippen LogP contribution is 2.53. The third kappa shape index (κ3) is 5.83. The van der Waals surface area contributed by atoms with Crippen molar-refractivity contribution in [2.45, 2.75) is 12.3 Å². The van der Waals surface area contributed by atoms with Crippen LogP contribution in [-0.2, 0) is 5.41 Å². The Hall–Kier alpha value is -7.52. The number of benzene rings is 10. The van der Waals surface area contributed by atoms with E-state index in [4.69, 9.17) is 0 Å². The third-order valence-electron chi connectivity index (χ3n) is 13.2. The predicted octanol–water partition coefficient (Wildman–Crippen LogP) is 17.0. The maximum atomic E-state index is 2.43. The van der Waals surface area contributed by atoms with Gasteiger partial charge in [-0.25, -0.2) is 0 Å². The van der Waals surface area contributed by atoms with Gasteiger partial charge in [0.2, 0.25) is 0 Å². The molecular weight excluding hydrogens is 767 g/mol. The third-order valence-corrected chi connectivity index (χ3v) is 14.3. The van der Waals surface area contributed by atoms with E-state index >= 15 is 0 Å². The Kier molecular flexibility index (Phi) is 8.55. The van der Waals surface area contributed by atoms with Crippen molar-refractivity contribution in [1.82, 2.24) is 0 Å². The normalized spacial score (nSPS) is 14.3. The summed E-state index contributed by atoms with van der Waals surface area (Å²) in [6.07, 6.45) is 0. The summed E-state index contributed by atoms with van der Waals surface area (Å²) in [4.78, 5) is 2.38.